The Balaban J connectivity index is 2.67. The van der Waals surface area contributed by atoms with Crippen molar-refractivity contribution < 1.29 is 0 Å². The van der Waals surface area contributed by atoms with Crippen LogP contribution in [0.2, 0.25) is 0 Å². The molecule has 0 unspecified atom stereocenters. The Morgan fingerprint density at radius 1 is 1.43 bits per heavy atom. The predicted octanol–water partition coefficient (Wildman–Crippen LogP) is 2.05. The van der Waals surface area contributed by atoms with Crippen molar-refractivity contribution in [2.45, 2.75) is 5.16 Å². The second kappa shape index (κ2) is 5.29. The zero-order chi connectivity index (χ0) is 10.6. The summed E-state index contributed by atoms with van der Waals surface area (Å²) >= 11 is 12.4. The SMILES string of the molecule is Nc1cc(N)nc(SC/C(Cl)=C/Cl)n1. The van der Waals surface area contributed by atoms with Crippen molar-refractivity contribution in [1.29, 1.82) is 0 Å². The van der Waals surface area contributed by atoms with Gasteiger partial charge in [0.1, 0.15) is 11.6 Å². The number of hydrogen-bond donors (Lipinski definition) is 2. The minimum Gasteiger partial charge on any atom is -0.383 e. The van der Waals surface area contributed by atoms with Crippen molar-refractivity contribution in [1.82, 2.24) is 9.97 Å². The number of nitrogens with two attached hydrogens (primary N) is 2. The van der Waals surface area contributed by atoms with Crippen molar-refractivity contribution in [2.75, 3.05) is 17.2 Å². The van der Waals surface area contributed by atoms with Crippen LogP contribution in [0, 0.1) is 0 Å². The van der Waals surface area contributed by atoms with Crippen LogP contribution in [0.5, 0.6) is 0 Å². The summed E-state index contributed by atoms with van der Waals surface area (Å²) in [7, 11) is 0. The molecule has 14 heavy (non-hydrogen) atoms. The van der Waals surface area contributed by atoms with Crippen molar-refractivity contribution in [3.63, 3.8) is 0 Å². The van der Waals surface area contributed by atoms with Crippen LogP contribution in [0.3, 0.4) is 0 Å². The average Bonchev–Trinajstić information content (AvgIpc) is 2.12. The molecule has 4 N–H and O–H groups in total. The Morgan fingerprint density at radius 3 is 2.50 bits per heavy atom. The number of rotatable bonds is 3. The quantitative estimate of drug-likeness (QED) is 0.635. The molecule has 0 amide bonds. The molecule has 0 bridgehead atoms. The first-order chi connectivity index (χ1) is 6.61. The molecule has 0 saturated heterocycles. The highest BCUT2D eigenvalue weighted by molar-refractivity contribution is 7.99. The van der Waals surface area contributed by atoms with Gasteiger partial charge in [0, 0.05) is 22.4 Å². The summed E-state index contributed by atoms with van der Waals surface area (Å²) in [5.74, 6) is 1.17. The van der Waals surface area contributed by atoms with Crippen molar-refractivity contribution in [2.24, 2.45) is 0 Å². The molecule has 1 rings (SSSR count). The second-order valence-electron chi connectivity index (χ2n) is 2.34. The summed E-state index contributed by atoms with van der Waals surface area (Å²) in [4.78, 5) is 7.92. The first-order valence-electron chi connectivity index (χ1n) is 3.59. The lowest BCUT2D eigenvalue weighted by atomic mass is 10.5. The standard InChI is InChI=1S/C7H8Cl2N4S/c8-2-4(9)3-14-7-12-5(10)1-6(11)13-7/h1-2H,3H2,(H4,10,11,12,13)/b4-2-. The normalized spacial score (nSPS) is 11.7. The number of hydrogen-bond acceptors (Lipinski definition) is 5. The van der Waals surface area contributed by atoms with E-state index in [2.05, 4.69) is 9.97 Å². The van der Waals surface area contributed by atoms with Gasteiger partial charge in [-0.3, -0.25) is 0 Å². The molecule has 0 aliphatic rings. The Hall–Kier alpha value is -0.650. The van der Waals surface area contributed by atoms with Gasteiger partial charge in [-0.15, -0.1) is 0 Å². The molecule has 0 fully saturated rings. The molecule has 0 radical (unpaired) electrons. The van der Waals surface area contributed by atoms with Crippen LogP contribution in [0.4, 0.5) is 11.6 Å². The van der Waals surface area contributed by atoms with Gasteiger partial charge in [0.2, 0.25) is 0 Å². The van der Waals surface area contributed by atoms with Crippen LogP contribution in [0.1, 0.15) is 0 Å². The van der Waals surface area contributed by atoms with Gasteiger partial charge in [-0.25, -0.2) is 9.97 Å². The summed E-state index contributed by atoms with van der Waals surface area (Å²) in [6.45, 7) is 0. The third-order valence-corrected chi connectivity index (χ3v) is 2.88. The van der Waals surface area contributed by atoms with Gasteiger partial charge in [-0.05, 0) is 0 Å². The van der Waals surface area contributed by atoms with Crippen LogP contribution < -0.4 is 11.5 Å². The van der Waals surface area contributed by atoms with E-state index in [9.17, 15) is 0 Å². The molecule has 0 aliphatic carbocycles. The fraction of sp³-hybridized carbons (Fsp3) is 0.143. The molecule has 1 aromatic rings. The van der Waals surface area contributed by atoms with Crippen LogP contribution in [-0.4, -0.2) is 15.7 Å². The lowest BCUT2D eigenvalue weighted by Crippen LogP contribution is -1.99. The van der Waals surface area contributed by atoms with Gasteiger partial charge in [0.05, 0.1) is 0 Å². The number of halogens is 2. The van der Waals surface area contributed by atoms with E-state index in [4.69, 9.17) is 34.7 Å². The summed E-state index contributed by atoms with van der Waals surface area (Å²) < 4.78 is 0. The van der Waals surface area contributed by atoms with E-state index >= 15 is 0 Å². The molecular formula is C7H8Cl2N4S. The molecular weight excluding hydrogens is 243 g/mol. The molecule has 0 aliphatic heterocycles. The molecule has 76 valence electrons. The molecule has 1 heterocycles. The third kappa shape index (κ3) is 3.61. The zero-order valence-electron chi connectivity index (χ0n) is 7.08. The lowest BCUT2D eigenvalue weighted by Gasteiger charge is -2.01. The highest BCUT2D eigenvalue weighted by Gasteiger charge is 2.02. The topological polar surface area (TPSA) is 77.8 Å². The van der Waals surface area contributed by atoms with Gasteiger partial charge < -0.3 is 11.5 Å². The first kappa shape index (κ1) is 11.4. The molecule has 1 aromatic heterocycles. The monoisotopic (exact) mass is 250 g/mol. The van der Waals surface area contributed by atoms with Crippen molar-refractivity contribution in [3.8, 4) is 0 Å². The van der Waals surface area contributed by atoms with Gasteiger partial charge in [0.15, 0.2) is 5.16 Å². The Kier molecular flexibility index (Phi) is 4.31. The Bertz CT molecular complexity index is 335. The maximum absolute atomic E-state index is 5.69. The summed E-state index contributed by atoms with van der Waals surface area (Å²) in [6.07, 6.45) is 0. The second-order valence-corrected chi connectivity index (χ2v) is 3.99. The average molecular weight is 251 g/mol. The first-order valence-corrected chi connectivity index (χ1v) is 5.39. The van der Waals surface area contributed by atoms with Crippen molar-refractivity contribution >= 4 is 46.6 Å². The smallest absolute Gasteiger partial charge is 0.191 e. The molecule has 4 nitrogen and oxygen atoms in total. The zero-order valence-corrected chi connectivity index (χ0v) is 9.40. The van der Waals surface area contributed by atoms with Gasteiger partial charge in [-0.2, -0.15) is 0 Å². The Labute approximate surface area is 95.7 Å². The fourth-order valence-electron chi connectivity index (χ4n) is 0.691. The van der Waals surface area contributed by atoms with Crippen LogP contribution in [-0.2, 0) is 0 Å². The summed E-state index contributed by atoms with van der Waals surface area (Å²) in [6, 6.07) is 1.49. The third-order valence-electron chi connectivity index (χ3n) is 1.20. The highest BCUT2D eigenvalue weighted by Crippen LogP contribution is 2.20. The van der Waals surface area contributed by atoms with E-state index in [1.54, 1.807) is 0 Å². The highest BCUT2D eigenvalue weighted by atomic mass is 35.5. The number of anilines is 2. The number of nitrogens with zero attached hydrogens (tertiary/aromatic N) is 2. The number of nitrogen functional groups attached to an aromatic ring is 2. The largest absolute Gasteiger partial charge is 0.383 e. The fourth-order valence-corrected chi connectivity index (χ4v) is 1.71. The minimum atomic E-state index is 0.339. The van der Waals surface area contributed by atoms with Crippen LogP contribution in [0.15, 0.2) is 21.8 Å². The van der Waals surface area contributed by atoms with E-state index in [-0.39, 0.29) is 0 Å². The van der Waals surface area contributed by atoms with Crippen LogP contribution in [0.25, 0.3) is 0 Å². The maximum Gasteiger partial charge on any atom is 0.191 e. The summed E-state index contributed by atoms with van der Waals surface area (Å²) in [5, 5.41) is 1.00. The van der Waals surface area contributed by atoms with Gasteiger partial charge in [0.25, 0.3) is 0 Å². The van der Waals surface area contributed by atoms with Gasteiger partial charge >= 0.3 is 0 Å². The summed E-state index contributed by atoms with van der Waals surface area (Å²) in [5.41, 5.74) is 12.3. The Morgan fingerprint density at radius 2 is 2.00 bits per heavy atom. The predicted molar refractivity (Wildman–Crippen MR) is 61.4 cm³/mol. The number of aromatic nitrogens is 2. The maximum atomic E-state index is 5.69. The molecule has 7 heteroatoms. The van der Waals surface area contributed by atoms with E-state index < -0.39 is 0 Å². The van der Waals surface area contributed by atoms with E-state index in [1.165, 1.54) is 23.4 Å². The molecule has 0 spiro atoms. The minimum absolute atomic E-state index is 0.339. The van der Waals surface area contributed by atoms with E-state index in [0.29, 0.717) is 27.6 Å². The van der Waals surface area contributed by atoms with Gasteiger partial charge in [-0.1, -0.05) is 35.0 Å². The molecule has 0 saturated carbocycles. The molecule has 0 atom stereocenters. The molecule has 0 aromatic carbocycles. The van der Waals surface area contributed by atoms with E-state index in [0.717, 1.165) is 0 Å². The lowest BCUT2D eigenvalue weighted by molar-refractivity contribution is 0.986. The number of thioether (sulfide) groups is 1. The van der Waals surface area contributed by atoms with Crippen molar-refractivity contribution in [3.05, 3.63) is 16.6 Å². The van der Waals surface area contributed by atoms with Crippen LogP contribution >= 0.6 is 35.0 Å². The van der Waals surface area contributed by atoms with E-state index in [1.807, 2.05) is 0 Å².